The number of nitrogens with one attached hydrogen (secondary N) is 2. The molecule has 2 amide bonds. The van der Waals surface area contributed by atoms with E-state index < -0.39 is 6.03 Å². The van der Waals surface area contributed by atoms with Crippen LogP contribution in [0.3, 0.4) is 0 Å². The van der Waals surface area contributed by atoms with Crippen LogP contribution in [-0.4, -0.2) is 34.0 Å². The van der Waals surface area contributed by atoms with E-state index in [9.17, 15) is 14.4 Å². The maximum Gasteiger partial charge on any atom is 0.329 e. The minimum Gasteiger partial charge on any atom is -0.370 e. The lowest BCUT2D eigenvalue weighted by molar-refractivity contribution is 0.101. The van der Waals surface area contributed by atoms with Crippen molar-refractivity contribution in [3.8, 4) is 0 Å². The standard InChI is InChI=1S/C25H31N5O3/c1-4-29-22-15-20(27-24(32)26-19-11-9-10-18(14-19)17(3)31)21(28-12-7-6-8-13-28)16-23(22)30(5-2)25(29)33/h9-11,14-16H,4-8,12-13H2,1-3H3,(H2,26,27,32). The molecular formula is C25H31N5O3. The number of Topliss-reactive ketones (excluding diaryl/α,β-unsaturated/α-hetero) is 1. The second kappa shape index (κ2) is 9.52. The van der Waals surface area contributed by atoms with Crippen molar-refractivity contribution in [1.29, 1.82) is 0 Å². The molecule has 4 rings (SSSR count). The number of fused-ring (bicyclic) bond motifs is 1. The lowest BCUT2D eigenvalue weighted by atomic mass is 10.1. The van der Waals surface area contributed by atoms with Gasteiger partial charge in [0.25, 0.3) is 0 Å². The van der Waals surface area contributed by atoms with Gasteiger partial charge in [-0.25, -0.2) is 9.59 Å². The Bertz CT molecular complexity index is 1250. The largest absolute Gasteiger partial charge is 0.370 e. The number of aryl methyl sites for hydroxylation is 2. The predicted octanol–water partition coefficient (Wildman–Crippen LogP) is 4.68. The molecule has 33 heavy (non-hydrogen) atoms. The minimum absolute atomic E-state index is 0.0396. The van der Waals surface area contributed by atoms with Gasteiger partial charge in [0.15, 0.2) is 5.78 Å². The summed E-state index contributed by atoms with van der Waals surface area (Å²) in [5, 5.41) is 5.82. The van der Waals surface area contributed by atoms with Gasteiger partial charge in [-0.15, -0.1) is 0 Å². The van der Waals surface area contributed by atoms with E-state index in [0.717, 1.165) is 42.7 Å². The van der Waals surface area contributed by atoms with Crippen LogP contribution in [0.1, 0.15) is 50.4 Å². The average Bonchev–Trinajstić information content (AvgIpc) is 3.08. The summed E-state index contributed by atoms with van der Waals surface area (Å²) < 4.78 is 3.52. The number of carbonyl (C=O) groups excluding carboxylic acids is 2. The van der Waals surface area contributed by atoms with Crippen molar-refractivity contribution < 1.29 is 9.59 Å². The minimum atomic E-state index is -0.395. The number of anilines is 3. The van der Waals surface area contributed by atoms with Gasteiger partial charge in [-0.05, 0) is 64.3 Å². The molecule has 1 aromatic heterocycles. The number of amides is 2. The third-order valence-electron chi connectivity index (χ3n) is 6.24. The number of hydrogen-bond donors (Lipinski definition) is 2. The Labute approximate surface area is 193 Å². The summed E-state index contributed by atoms with van der Waals surface area (Å²) in [4.78, 5) is 39.8. The van der Waals surface area contributed by atoms with E-state index in [1.807, 2.05) is 26.0 Å². The molecule has 2 aromatic carbocycles. The maximum absolute atomic E-state index is 12.9. The Hall–Kier alpha value is -3.55. The molecule has 0 spiro atoms. The molecule has 0 unspecified atom stereocenters. The Morgan fingerprint density at radius 3 is 2.21 bits per heavy atom. The van der Waals surface area contributed by atoms with E-state index in [0.29, 0.717) is 30.0 Å². The topological polar surface area (TPSA) is 88.4 Å². The summed E-state index contributed by atoms with van der Waals surface area (Å²) in [6.07, 6.45) is 3.39. The van der Waals surface area contributed by atoms with Crippen LogP contribution < -0.4 is 21.2 Å². The SMILES string of the molecule is CCn1c(=O)n(CC)c2cc(N3CCCCC3)c(NC(=O)Nc3cccc(C(C)=O)c3)cc21. The normalized spacial score (nSPS) is 13.8. The van der Waals surface area contributed by atoms with Crippen molar-refractivity contribution in [2.75, 3.05) is 28.6 Å². The van der Waals surface area contributed by atoms with E-state index in [4.69, 9.17) is 0 Å². The highest BCUT2D eigenvalue weighted by atomic mass is 16.2. The van der Waals surface area contributed by atoms with Gasteiger partial charge in [0, 0.05) is 37.4 Å². The number of nitrogens with zero attached hydrogens (tertiary/aromatic N) is 3. The monoisotopic (exact) mass is 449 g/mol. The lowest BCUT2D eigenvalue weighted by Crippen LogP contribution is -2.31. The molecular weight excluding hydrogens is 418 g/mol. The summed E-state index contributed by atoms with van der Waals surface area (Å²) in [5.74, 6) is -0.0603. The third kappa shape index (κ3) is 4.51. The molecule has 2 N–H and O–H groups in total. The average molecular weight is 450 g/mol. The highest BCUT2D eigenvalue weighted by Crippen LogP contribution is 2.33. The molecule has 8 heteroatoms. The van der Waals surface area contributed by atoms with Crippen LogP contribution in [-0.2, 0) is 13.1 Å². The van der Waals surface area contributed by atoms with Crippen LogP contribution in [0.4, 0.5) is 21.9 Å². The first kappa shape index (κ1) is 22.6. The second-order valence-corrected chi connectivity index (χ2v) is 8.39. The Balaban J connectivity index is 1.73. The summed E-state index contributed by atoms with van der Waals surface area (Å²) in [6.45, 7) is 8.36. The number of carbonyl (C=O) groups is 2. The molecule has 2 heterocycles. The van der Waals surface area contributed by atoms with Gasteiger partial charge >= 0.3 is 11.7 Å². The molecule has 1 fully saturated rings. The van der Waals surface area contributed by atoms with Crippen molar-refractivity contribution in [2.45, 2.75) is 53.1 Å². The smallest absolute Gasteiger partial charge is 0.329 e. The second-order valence-electron chi connectivity index (χ2n) is 8.39. The van der Waals surface area contributed by atoms with Gasteiger partial charge < -0.3 is 15.5 Å². The molecule has 1 aliphatic rings. The molecule has 0 atom stereocenters. The first-order valence-electron chi connectivity index (χ1n) is 11.6. The number of hydrogen-bond acceptors (Lipinski definition) is 4. The van der Waals surface area contributed by atoms with Crippen molar-refractivity contribution in [2.24, 2.45) is 0 Å². The first-order chi connectivity index (χ1) is 15.9. The summed E-state index contributed by atoms with van der Waals surface area (Å²) in [6, 6.07) is 10.4. The number of rotatable bonds is 6. The predicted molar refractivity (Wildman–Crippen MR) is 133 cm³/mol. The van der Waals surface area contributed by atoms with Crippen LogP contribution in [0, 0.1) is 0 Å². The molecule has 0 saturated carbocycles. The van der Waals surface area contributed by atoms with Gasteiger partial charge in [0.1, 0.15) is 0 Å². The van der Waals surface area contributed by atoms with Gasteiger partial charge in [-0.2, -0.15) is 0 Å². The van der Waals surface area contributed by atoms with Gasteiger partial charge in [-0.1, -0.05) is 12.1 Å². The van der Waals surface area contributed by atoms with Gasteiger partial charge in [0.2, 0.25) is 0 Å². The quantitative estimate of drug-likeness (QED) is 0.535. The molecule has 0 aliphatic carbocycles. The number of benzene rings is 2. The molecule has 0 radical (unpaired) electrons. The number of imidazole rings is 1. The molecule has 1 saturated heterocycles. The van der Waals surface area contributed by atoms with Gasteiger partial charge in [0.05, 0.1) is 22.4 Å². The zero-order chi connectivity index (χ0) is 23.5. The fourth-order valence-corrected chi connectivity index (χ4v) is 4.56. The van der Waals surface area contributed by atoms with Crippen LogP contribution in [0.2, 0.25) is 0 Å². The van der Waals surface area contributed by atoms with E-state index in [1.54, 1.807) is 33.4 Å². The fourth-order valence-electron chi connectivity index (χ4n) is 4.56. The number of aromatic nitrogens is 2. The van der Waals surface area contributed by atoms with Crippen molar-refractivity contribution in [3.63, 3.8) is 0 Å². The molecule has 3 aromatic rings. The van der Waals surface area contributed by atoms with Crippen molar-refractivity contribution in [3.05, 3.63) is 52.4 Å². The zero-order valence-corrected chi connectivity index (χ0v) is 19.5. The zero-order valence-electron chi connectivity index (χ0n) is 19.5. The van der Waals surface area contributed by atoms with E-state index >= 15 is 0 Å². The molecule has 174 valence electrons. The highest BCUT2D eigenvalue weighted by molar-refractivity contribution is 6.04. The maximum atomic E-state index is 12.9. The lowest BCUT2D eigenvalue weighted by Gasteiger charge is -2.30. The van der Waals surface area contributed by atoms with E-state index in [2.05, 4.69) is 15.5 Å². The molecule has 1 aliphatic heterocycles. The number of urea groups is 1. The highest BCUT2D eigenvalue weighted by Gasteiger charge is 2.21. The van der Waals surface area contributed by atoms with E-state index in [1.165, 1.54) is 13.3 Å². The van der Waals surface area contributed by atoms with Crippen LogP contribution in [0.5, 0.6) is 0 Å². The molecule has 0 bridgehead atoms. The summed E-state index contributed by atoms with van der Waals surface area (Å²) in [5.41, 5.74) is 4.32. The Morgan fingerprint density at radius 2 is 1.58 bits per heavy atom. The van der Waals surface area contributed by atoms with Crippen LogP contribution >= 0.6 is 0 Å². The first-order valence-corrected chi connectivity index (χ1v) is 11.6. The molecule has 8 nitrogen and oxygen atoms in total. The number of ketones is 1. The van der Waals surface area contributed by atoms with Crippen molar-refractivity contribution >= 4 is 39.9 Å². The fraction of sp³-hybridized carbons (Fsp3) is 0.400. The Kier molecular flexibility index (Phi) is 6.53. The van der Waals surface area contributed by atoms with Crippen molar-refractivity contribution in [1.82, 2.24) is 9.13 Å². The van der Waals surface area contributed by atoms with Crippen LogP contribution in [0.25, 0.3) is 11.0 Å². The Morgan fingerprint density at radius 1 is 0.909 bits per heavy atom. The summed E-state index contributed by atoms with van der Waals surface area (Å²) >= 11 is 0. The van der Waals surface area contributed by atoms with Gasteiger partial charge in [-0.3, -0.25) is 13.9 Å². The third-order valence-corrected chi connectivity index (χ3v) is 6.24. The van der Waals surface area contributed by atoms with E-state index in [-0.39, 0.29) is 11.5 Å². The summed E-state index contributed by atoms with van der Waals surface area (Å²) in [7, 11) is 0. The number of piperidine rings is 1. The van der Waals surface area contributed by atoms with Crippen LogP contribution in [0.15, 0.2) is 41.2 Å².